The molecule has 1 amide bonds. The fourth-order valence-electron chi connectivity index (χ4n) is 9.10. The summed E-state index contributed by atoms with van der Waals surface area (Å²) in [5, 5.41) is 17.0. The molecule has 63 heavy (non-hydrogen) atoms. The predicted molar refractivity (Wildman–Crippen MR) is 246 cm³/mol. The Morgan fingerprint density at radius 1 is 0.921 bits per heavy atom. The van der Waals surface area contributed by atoms with E-state index in [0.29, 0.717) is 34.5 Å². The molecule has 2 fully saturated rings. The Kier molecular flexibility index (Phi) is 11.6. The molecule has 1 aliphatic carbocycles. The lowest BCUT2D eigenvalue weighted by Crippen LogP contribution is -2.47. The van der Waals surface area contributed by atoms with Crippen LogP contribution in [-0.4, -0.2) is 120 Å². The number of carbonyl (C=O) groups is 1. The molecule has 9 rings (SSSR count). The van der Waals surface area contributed by atoms with Gasteiger partial charge in [0.05, 0.1) is 26.6 Å². The van der Waals surface area contributed by atoms with E-state index in [1.54, 1.807) is 23.1 Å². The maximum atomic E-state index is 14.2. The van der Waals surface area contributed by atoms with Crippen molar-refractivity contribution in [1.82, 2.24) is 39.2 Å². The van der Waals surface area contributed by atoms with Crippen LogP contribution < -0.4 is 9.62 Å². The molecule has 0 bridgehead atoms. The molecule has 0 spiro atoms. The molecule has 15 nitrogen and oxygen atoms in total. The van der Waals surface area contributed by atoms with Crippen molar-refractivity contribution in [2.45, 2.75) is 44.6 Å². The van der Waals surface area contributed by atoms with Crippen LogP contribution in [-0.2, 0) is 16.6 Å². The Morgan fingerprint density at radius 3 is 2.40 bits per heavy atom. The van der Waals surface area contributed by atoms with Crippen LogP contribution in [0.3, 0.4) is 0 Å². The van der Waals surface area contributed by atoms with Gasteiger partial charge in [-0.25, -0.2) is 23.1 Å². The molecule has 3 aromatic heterocycles. The molecule has 3 aromatic carbocycles. The number of aromatic amines is 1. The lowest BCUT2D eigenvalue weighted by Gasteiger charge is -2.39. The number of carbonyl (C=O) groups excluding carboxylic acids is 1. The topological polar surface area (TPSA) is 166 Å². The van der Waals surface area contributed by atoms with Crippen molar-refractivity contribution < 1.29 is 18.1 Å². The van der Waals surface area contributed by atoms with Crippen LogP contribution in [0.15, 0.2) is 95.7 Å². The van der Waals surface area contributed by atoms with Gasteiger partial charge < -0.3 is 9.80 Å². The smallest absolute Gasteiger partial charge is 0.275 e. The zero-order valence-corrected chi connectivity index (χ0v) is 37.3. The highest BCUT2D eigenvalue weighted by atomic mass is 35.5. The molecular formula is C46H51ClN10O5S. The molecule has 2 saturated heterocycles. The number of piperazine rings is 2. The number of pyridine rings is 1. The number of aromatic nitrogens is 4. The number of hydrogen-bond donors (Lipinski definition) is 2. The largest absolute Gasteiger partial charge is 0.369 e. The summed E-state index contributed by atoms with van der Waals surface area (Å²) in [6.45, 7) is 12.2. The molecule has 0 unspecified atom stereocenters. The summed E-state index contributed by atoms with van der Waals surface area (Å²) < 4.78 is 31.7. The second-order valence-corrected chi connectivity index (χ2v) is 19.9. The molecule has 2 N–H and O–H groups in total. The van der Waals surface area contributed by atoms with Crippen molar-refractivity contribution in [2.24, 2.45) is 5.41 Å². The molecule has 5 heterocycles. The van der Waals surface area contributed by atoms with Crippen molar-refractivity contribution in [3.05, 3.63) is 123 Å². The zero-order chi connectivity index (χ0) is 44.0. The molecule has 0 saturated carbocycles. The minimum Gasteiger partial charge on any atom is -0.369 e. The monoisotopic (exact) mass is 890 g/mol. The van der Waals surface area contributed by atoms with Crippen molar-refractivity contribution in [2.75, 3.05) is 70.9 Å². The van der Waals surface area contributed by atoms with E-state index >= 15 is 0 Å². The number of nitrogens with zero attached hydrogens (tertiary/aromatic N) is 8. The fraction of sp³-hybridized carbons (Fsp3) is 0.370. The second kappa shape index (κ2) is 17.1. The molecular weight excluding hydrogens is 840 g/mol. The van der Waals surface area contributed by atoms with Crippen molar-refractivity contribution in [3.8, 4) is 5.69 Å². The molecule has 0 radical (unpaired) electrons. The van der Waals surface area contributed by atoms with E-state index in [2.05, 4.69) is 65.4 Å². The normalized spacial score (nSPS) is 18.1. The van der Waals surface area contributed by atoms with Gasteiger partial charge in [-0.2, -0.15) is 0 Å². The lowest BCUT2D eigenvalue weighted by molar-refractivity contribution is -0.386. The first kappa shape index (κ1) is 42.6. The number of H-pyrrole nitrogens is 1. The SMILES string of the molecule is CN1CCN(Cc2ccc(S(=O)(=O)NC(=O)c3ccc(N4CCN(CC5=C(c6ccc(Cl)cc6)CC(C)(C)CC5)CC4)cc3-n3[nH]cc4nc5nccc5cc43)cc2[N+](=O)[O-])CC1. The van der Waals surface area contributed by atoms with Crippen LogP contribution >= 0.6 is 11.6 Å². The molecule has 0 atom stereocenters. The minimum absolute atomic E-state index is 0.0820. The Labute approximate surface area is 371 Å². The number of hydrogen-bond acceptors (Lipinski definition) is 11. The Balaban J connectivity index is 0.982. The second-order valence-electron chi connectivity index (χ2n) is 17.8. The summed E-state index contributed by atoms with van der Waals surface area (Å²) >= 11 is 6.26. The summed E-state index contributed by atoms with van der Waals surface area (Å²) in [6, 6.07) is 21.2. The Hall–Kier alpha value is -5.65. The van der Waals surface area contributed by atoms with Gasteiger partial charge in [0.2, 0.25) is 0 Å². The summed E-state index contributed by atoms with van der Waals surface area (Å²) in [5.74, 6) is -0.884. The molecule has 3 aliphatic rings. The number of allylic oxidation sites excluding steroid dienone is 1. The van der Waals surface area contributed by atoms with Gasteiger partial charge in [0, 0.05) is 106 Å². The average molecular weight is 891 g/mol. The predicted octanol–water partition coefficient (Wildman–Crippen LogP) is 7.12. The van der Waals surface area contributed by atoms with E-state index in [9.17, 15) is 23.3 Å². The third-order valence-electron chi connectivity index (χ3n) is 12.8. The summed E-state index contributed by atoms with van der Waals surface area (Å²) in [7, 11) is -2.51. The number of anilines is 1. The molecule has 6 aromatic rings. The van der Waals surface area contributed by atoms with E-state index in [0.717, 1.165) is 100 Å². The number of amides is 1. The highest BCUT2D eigenvalue weighted by Gasteiger charge is 2.31. The van der Waals surface area contributed by atoms with Gasteiger partial charge in [-0.15, -0.1) is 0 Å². The maximum Gasteiger partial charge on any atom is 0.275 e. The van der Waals surface area contributed by atoms with E-state index in [-0.39, 0.29) is 21.6 Å². The van der Waals surface area contributed by atoms with E-state index in [1.165, 1.54) is 28.8 Å². The minimum atomic E-state index is -4.54. The van der Waals surface area contributed by atoms with Gasteiger partial charge in [-0.3, -0.25) is 34.5 Å². The van der Waals surface area contributed by atoms with Gasteiger partial charge in [0.15, 0.2) is 5.65 Å². The van der Waals surface area contributed by atoms with E-state index < -0.39 is 20.9 Å². The van der Waals surface area contributed by atoms with Gasteiger partial charge in [-0.05, 0) is 97.5 Å². The number of halogens is 1. The Morgan fingerprint density at radius 2 is 1.65 bits per heavy atom. The Bertz CT molecular complexity index is 2860. The third kappa shape index (κ3) is 9.09. The summed E-state index contributed by atoms with van der Waals surface area (Å²) in [5.41, 5.74) is 7.68. The van der Waals surface area contributed by atoms with Crippen LogP contribution in [0.5, 0.6) is 0 Å². The van der Waals surface area contributed by atoms with Crippen molar-refractivity contribution in [1.29, 1.82) is 0 Å². The molecule has 17 heteroatoms. The average Bonchev–Trinajstić information content (AvgIpc) is 3.91. The van der Waals surface area contributed by atoms with Crippen LogP contribution in [0.25, 0.3) is 33.3 Å². The summed E-state index contributed by atoms with van der Waals surface area (Å²) in [6.07, 6.45) is 6.61. The number of nitrogens with one attached hydrogen (secondary N) is 2. The van der Waals surface area contributed by atoms with Crippen LogP contribution in [0.2, 0.25) is 5.02 Å². The first-order valence-electron chi connectivity index (χ1n) is 21.4. The summed E-state index contributed by atoms with van der Waals surface area (Å²) in [4.78, 5) is 43.6. The third-order valence-corrected chi connectivity index (χ3v) is 14.4. The van der Waals surface area contributed by atoms with Crippen LogP contribution in [0.1, 0.15) is 54.6 Å². The highest BCUT2D eigenvalue weighted by molar-refractivity contribution is 7.90. The van der Waals surface area contributed by atoms with Crippen molar-refractivity contribution >= 4 is 66.5 Å². The quantitative estimate of drug-likeness (QED) is 0.101. The van der Waals surface area contributed by atoms with E-state index in [1.807, 2.05) is 43.4 Å². The fourth-order valence-corrected chi connectivity index (χ4v) is 10.2. The first-order valence-corrected chi connectivity index (χ1v) is 23.2. The maximum absolute atomic E-state index is 14.2. The number of fused-ring (bicyclic) bond motifs is 2. The zero-order valence-electron chi connectivity index (χ0n) is 35.7. The number of sulfonamides is 1. The van der Waals surface area contributed by atoms with E-state index in [4.69, 9.17) is 11.6 Å². The molecule has 328 valence electrons. The number of rotatable bonds is 11. The van der Waals surface area contributed by atoms with Gasteiger partial charge in [0.1, 0.15) is 5.52 Å². The highest BCUT2D eigenvalue weighted by Crippen LogP contribution is 2.43. The van der Waals surface area contributed by atoms with Gasteiger partial charge in [0.25, 0.3) is 21.6 Å². The van der Waals surface area contributed by atoms with Crippen LogP contribution in [0.4, 0.5) is 11.4 Å². The van der Waals surface area contributed by atoms with Gasteiger partial charge >= 0.3 is 0 Å². The number of benzene rings is 3. The van der Waals surface area contributed by atoms with Crippen LogP contribution in [0, 0.1) is 15.5 Å². The number of nitro benzene ring substituents is 1. The van der Waals surface area contributed by atoms with Gasteiger partial charge in [-0.1, -0.05) is 43.2 Å². The molecule has 2 aliphatic heterocycles. The standard InChI is InChI=1S/C46H51ClN10O5S/c1-46(2)14-12-33(39(27-46)31-4-7-35(47)8-5-31)29-54-20-22-55(23-21-54)36-9-11-38(42(25-36)56-43-24-32-13-15-48-44(32)50-40(43)28-49-56)45(58)51-63(61,62)37-10-6-34(41(26-37)57(59)60)30-53-18-16-52(3)17-19-53/h4-11,13,15,24-26,28,49H,12,14,16-23,27,29-30H2,1-3H3,(H,51,58). The lowest BCUT2D eigenvalue weighted by atomic mass is 9.72. The number of likely N-dealkylation sites (N-methyl/N-ethyl adjacent to an activating group) is 1. The first-order chi connectivity index (χ1) is 30.2. The number of nitro groups is 1. The van der Waals surface area contributed by atoms with Crippen molar-refractivity contribution in [3.63, 3.8) is 0 Å².